The molecule has 1 N–H and O–H groups in total. The largest absolute Gasteiger partial charge is 0.295 e. The number of benzene rings is 2. The normalized spacial score (nSPS) is 13.2. The summed E-state index contributed by atoms with van der Waals surface area (Å²) < 4.78 is 1.40. The maximum absolute atomic E-state index is 12.7. The van der Waals surface area contributed by atoms with E-state index in [1.165, 1.54) is 10.8 Å². The van der Waals surface area contributed by atoms with E-state index in [4.69, 9.17) is 0 Å². The molecule has 0 atom stereocenters. The number of rotatable bonds is 2. The Bertz CT molecular complexity index is 1060. The van der Waals surface area contributed by atoms with E-state index in [1.54, 1.807) is 43.3 Å². The molecule has 0 spiro atoms. The first-order valence-electron chi connectivity index (χ1n) is 7.85. The summed E-state index contributed by atoms with van der Waals surface area (Å²) in [5, 5.41) is 2.99. The number of aromatic nitrogens is 2. The Morgan fingerprint density at radius 1 is 0.840 bits per heavy atom. The summed E-state index contributed by atoms with van der Waals surface area (Å²) in [6.07, 6.45) is 1.40. The van der Waals surface area contributed by atoms with E-state index < -0.39 is 0 Å². The smallest absolute Gasteiger partial charge is 0.278 e. The van der Waals surface area contributed by atoms with Crippen LogP contribution >= 0.6 is 0 Å². The molecule has 25 heavy (non-hydrogen) atoms. The molecule has 0 aliphatic heterocycles. The van der Waals surface area contributed by atoms with Crippen molar-refractivity contribution >= 4 is 17.6 Å². The predicted molar refractivity (Wildman–Crippen MR) is 94.2 cm³/mol. The van der Waals surface area contributed by atoms with Gasteiger partial charge in [-0.2, -0.15) is 0 Å². The molecule has 0 saturated carbocycles. The second kappa shape index (κ2) is 5.56. The van der Waals surface area contributed by atoms with Crippen molar-refractivity contribution in [3.8, 4) is 5.69 Å². The van der Waals surface area contributed by atoms with Crippen molar-refractivity contribution in [1.82, 2.24) is 9.78 Å². The zero-order valence-corrected chi connectivity index (χ0v) is 13.4. The van der Waals surface area contributed by atoms with Crippen molar-refractivity contribution in [2.45, 2.75) is 6.92 Å². The lowest BCUT2D eigenvalue weighted by Gasteiger charge is -1.99. The molecule has 0 unspecified atom stereocenters. The van der Waals surface area contributed by atoms with E-state index in [-0.39, 0.29) is 22.7 Å². The summed E-state index contributed by atoms with van der Waals surface area (Å²) in [4.78, 5) is 37.7. The van der Waals surface area contributed by atoms with Crippen molar-refractivity contribution in [2.75, 3.05) is 0 Å². The van der Waals surface area contributed by atoms with Crippen LogP contribution in [0.2, 0.25) is 0 Å². The molecular formula is C20H14N2O3. The zero-order valence-electron chi connectivity index (χ0n) is 13.4. The van der Waals surface area contributed by atoms with E-state index in [2.05, 4.69) is 5.10 Å². The third-order valence-electron chi connectivity index (χ3n) is 4.33. The van der Waals surface area contributed by atoms with Gasteiger partial charge in [0.05, 0.1) is 16.8 Å². The number of aromatic amines is 1. The summed E-state index contributed by atoms with van der Waals surface area (Å²) in [6, 6.07) is 15.8. The van der Waals surface area contributed by atoms with Crippen LogP contribution in [-0.2, 0) is 0 Å². The number of hydrogen-bond acceptors (Lipinski definition) is 3. The average Bonchev–Trinajstić information content (AvgIpc) is 3.06. The third-order valence-corrected chi connectivity index (χ3v) is 4.33. The summed E-state index contributed by atoms with van der Waals surface area (Å²) in [5.74, 6) is -0.682. The molecular weight excluding hydrogens is 316 g/mol. The van der Waals surface area contributed by atoms with E-state index >= 15 is 0 Å². The van der Waals surface area contributed by atoms with Gasteiger partial charge >= 0.3 is 0 Å². The summed E-state index contributed by atoms with van der Waals surface area (Å²) >= 11 is 0. The Balaban J connectivity index is 1.84. The lowest BCUT2D eigenvalue weighted by Crippen LogP contribution is -2.16. The van der Waals surface area contributed by atoms with Crippen LogP contribution in [0.3, 0.4) is 0 Å². The van der Waals surface area contributed by atoms with Crippen molar-refractivity contribution in [3.63, 3.8) is 0 Å². The number of carbonyl (C=O) groups is 2. The van der Waals surface area contributed by atoms with Crippen LogP contribution in [0.4, 0.5) is 0 Å². The number of para-hydroxylation sites is 1. The maximum atomic E-state index is 12.7. The van der Waals surface area contributed by atoms with Crippen LogP contribution < -0.4 is 5.56 Å². The number of nitrogens with one attached hydrogen (secondary N) is 1. The van der Waals surface area contributed by atoms with Gasteiger partial charge in [0.1, 0.15) is 0 Å². The van der Waals surface area contributed by atoms with Crippen LogP contribution in [0.25, 0.3) is 11.8 Å². The fourth-order valence-corrected chi connectivity index (χ4v) is 3.04. The monoisotopic (exact) mass is 330 g/mol. The van der Waals surface area contributed by atoms with Crippen molar-refractivity contribution in [3.05, 3.63) is 92.9 Å². The number of hydrogen-bond donors (Lipinski definition) is 1. The molecule has 0 fully saturated rings. The van der Waals surface area contributed by atoms with Crippen LogP contribution in [0.1, 0.15) is 32.0 Å². The van der Waals surface area contributed by atoms with Gasteiger partial charge in [-0.1, -0.05) is 42.5 Å². The number of H-pyrrole nitrogens is 1. The average molecular weight is 330 g/mol. The summed E-state index contributed by atoms with van der Waals surface area (Å²) in [6.45, 7) is 1.74. The minimum atomic E-state index is -0.341. The molecule has 3 aromatic rings. The number of Topliss-reactive ketones (excluding diaryl/α,β-unsaturated/α-hetero) is 2. The highest BCUT2D eigenvalue weighted by Gasteiger charge is 2.33. The number of aryl methyl sites for hydroxylation is 1. The Hall–Kier alpha value is -3.47. The Kier molecular flexibility index (Phi) is 3.35. The number of ketones is 2. The van der Waals surface area contributed by atoms with E-state index in [9.17, 15) is 14.4 Å². The topological polar surface area (TPSA) is 71.9 Å². The minimum absolute atomic E-state index is 0.0283. The van der Waals surface area contributed by atoms with Gasteiger partial charge in [0.25, 0.3) is 5.56 Å². The van der Waals surface area contributed by atoms with Crippen molar-refractivity contribution in [1.29, 1.82) is 0 Å². The van der Waals surface area contributed by atoms with Crippen molar-refractivity contribution < 1.29 is 9.59 Å². The number of fused-ring (bicyclic) bond motifs is 1. The molecule has 1 aromatic heterocycles. The number of allylic oxidation sites excluding steroid dienone is 1. The Morgan fingerprint density at radius 2 is 1.40 bits per heavy atom. The first-order chi connectivity index (χ1) is 12.1. The highest BCUT2D eigenvalue weighted by molar-refractivity contribution is 6.41. The van der Waals surface area contributed by atoms with Gasteiger partial charge < -0.3 is 0 Å². The van der Waals surface area contributed by atoms with E-state index in [0.29, 0.717) is 28.1 Å². The fraction of sp³-hybridized carbons (Fsp3) is 0.0500. The molecule has 4 rings (SSSR count). The second-order valence-electron chi connectivity index (χ2n) is 5.89. The van der Waals surface area contributed by atoms with E-state index in [1.807, 2.05) is 18.2 Å². The number of nitrogens with zero attached hydrogens (tertiary/aromatic N) is 1. The standard InChI is InChI=1S/C20H14N2O3/c1-12-16(20(25)22(21-12)13-7-3-2-4-8-13)11-17-18(23)14-9-5-6-10-15(14)19(17)24/h2-11,21H,1H3. The SMILES string of the molecule is Cc1[nH]n(-c2ccccc2)c(=O)c1C=C1C(=O)c2ccccc2C1=O. The molecule has 2 aromatic carbocycles. The molecule has 1 aliphatic rings. The van der Waals surface area contributed by atoms with E-state index in [0.717, 1.165) is 0 Å². The molecule has 0 saturated heterocycles. The van der Waals surface area contributed by atoms with Gasteiger partial charge in [0, 0.05) is 16.8 Å². The highest BCUT2D eigenvalue weighted by atomic mass is 16.2. The quantitative estimate of drug-likeness (QED) is 0.580. The van der Waals surface area contributed by atoms with Crippen molar-refractivity contribution in [2.24, 2.45) is 0 Å². The van der Waals surface area contributed by atoms with Crippen LogP contribution in [-0.4, -0.2) is 21.3 Å². The van der Waals surface area contributed by atoms with Gasteiger partial charge in [-0.15, -0.1) is 0 Å². The molecule has 0 bridgehead atoms. The van der Waals surface area contributed by atoms with Gasteiger partial charge in [0.2, 0.25) is 0 Å². The number of carbonyl (C=O) groups excluding carboxylic acids is 2. The first-order valence-corrected chi connectivity index (χ1v) is 7.85. The first kappa shape index (κ1) is 15.1. The van der Waals surface area contributed by atoms with Crippen LogP contribution in [0.15, 0.2) is 65.0 Å². The zero-order chi connectivity index (χ0) is 17.6. The fourth-order valence-electron chi connectivity index (χ4n) is 3.04. The summed E-state index contributed by atoms with van der Waals surface area (Å²) in [5.41, 5.74) is 2.10. The van der Waals surface area contributed by atoms with Crippen LogP contribution in [0, 0.1) is 6.92 Å². The van der Waals surface area contributed by atoms with Gasteiger partial charge in [0.15, 0.2) is 11.6 Å². The van der Waals surface area contributed by atoms with Crippen LogP contribution in [0.5, 0.6) is 0 Å². The molecule has 122 valence electrons. The van der Waals surface area contributed by atoms with Gasteiger partial charge in [-0.05, 0) is 25.1 Å². The molecule has 5 heteroatoms. The maximum Gasteiger partial charge on any atom is 0.278 e. The lowest BCUT2D eigenvalue weighted by molar-refractivity contribution is 0.0990. The summed E-state index contributed by atoms with van der Waals surface area (Å²) in [7, 11) is 0. The highest BCUT2D eigenvalue weighted by Crippen LogP contribution is 2.27. The lowest BCUT2D eigenvalue weighted by atomic mass is 10.1. The molecule has 5 nitrogen and oxygen atoms in total. The third kappa shape index (κ3) is 2.29. The molecule has 0 amide bonds. The minimum Gasteiger partial charge on any atom is -0.295 e. The molecule has 0 radical (unpaired) electrons. The Labute approximate surface area is 143 Å². The second-order valence-corrected chi connectivity index (χ2v) is 5.89. The Morgan fingerprint density at radius 3 is 2.00 bits per heavy atom. The molecule has 1 aliphatic carbocycles. The predicted octanol–water partition coefficient (Wildman–Crippen LogP) is 2.94. The van der Waals surface area contributed by atoms with Gasteiger partial charge in [-0.25, -0.2) is 4.68 Å². The molecule has 1 heterocycles. The van der Waals surface area contributed by atoms with Gasteiger partial charge in [-0.3, -0.25) is 19.5 Å².